The van der Waals surface area contributed by atoms with E-state index in [1.165, 1.54) is 109 Å². The first-order valence-corrected chi connectivity index (χ1v) is 12.1. The number of nitriles is 1. The summed E-state index contributed by atoms with van der Waals surface area (Å²) >= 11 is 0. The van der Waals surface area contributed by atoms with Crippen LogP contribution in [0.3, 0.4) is 0 Å². The second-order valence-electron chi connectivity index (χ2n) is 9.75. The van der Waals surface area contributed by atoms with Crippen LogP contribution < -0.4 is 0 Å². The maximum absolute atomic E-state index is 9.57. The van der Waals surface area contributed by atoms with Gasteiger partial charge in [0.05, 0.1) is 11.5 Å². The van der Waals surface area contributed by atoms with Crippen molar-refractivity contribution in [3.8, 4) is 6.07 Å². The van der Waals surface area contributed by atoms with E-state index in [1.807, 2.05) is 0 Å². The molecule has 0 N–H and O–H groups in total. The molecule has 0 radical (unpaired) electrons. The lowest BCUT2D eigenvalue weighted by molar-refractivity contribution is 0.173. The third-order valence-corrected chi connectivity index (χ3v) is 7.69. The van der Waals surface area contributed by atoms with Gasteiger partial charge in [0.2, 0.25) is 0 Å². The molecule has 26 heavy (non-hydrogen) atoms. The van der Waals surface area contributed by atoms with Gasteiger partial charge in [-0.15, -0.1) is 0 Å². The highest BCUT2D eigenvalue weighted by molar-refractivity contribution is 5.01. The van der Waals surface area contributed by atoms with Gasteiger partial charge in [-0.25, -0.2) is 0 Å². The molecular formula is C25H45N. The average molecular weight is 360 g/mol. The molecule has 2 fully saturated rings. The maximum Gasteiger partial charge on any atom is 0.0689 e. The fourth-order valence-electron chi connectivity index (χ4n) is 5.73. The normalized spacial score (nSPS) is 32.3. The Morgan fingerprint density at radius 3 is 1.77 bits per heavy atom. The molecule has 0 spiro atoms. The monoisotopic (exact) mass is 359 g/mol. The van der Waals surface area contributed by atoms with Crippen molar-refractivity contribution in [2.75, 3.05) is 0 Å². The molecule has 0 bridgehead atoms. The summed E-state index contributed by atoms with van der Waals surface area (Å²) < 4.78 is 0. The predicted octanol–water partition coefficient (Wildman–Crippen LogP) is 8.43. The zero-order valence-electron chi connectivity index (χ0n) is 17.9. The minimum absolute atomic E-state index is 0.0421. The molecule has 2 rings (SSSR count). The Morgan fingerprint density at radius 2 is 1.23 bits per heavy atom. The van der Waals surface area contributed by atoms with Crippen molar-refractivity contribution in [2.24, 2.45) is 23.2 Å². The van der Waals surface area contributed by atoms with E-state index in [9.17, 15) is 5.26 Å². The number of rotatable bonds is 11. The third-order valence-electron chi connectivity index (χ3n) is 7.69. The van der Waals surface area contributed by atoms with E-state index in [4.69, 9.17) is 0 Å². The highest BCUT2D eigenvalue weighted by atomic mass is 14.4. The molecule has 2 aliphatic carbocycles. The molecule has 0 amide bonds. The van der Waals surface area contributed by atoms with Gasteiger partial charge in [0, 0.05) is 0 Å². The summed E-state index contributed by atoms with van der Waals surface area (Å²) in [4.78, 5) is 0. The molecule has 0 aromatic rings. The first-order valence-electron chi connectivity index (χ1n) is 12.1. The van der Waals surface area contributed by atoms with Gasteiger partial charge in [0.25, 0.3) is 0 Å². The van der Waals surface area contributed by atoms with Crippen molar-refractivity contribution in [3.63, 3.8) is 0 Å². The lowest BCUT2D eigenvalue weighted by Gasteiger charge is -2.36. The zero-order chi connectivity index (χ0) is 18.7. The molecule has 1 heteroatoms. The van der Waals surface area contributed by atoms with Crippen LogP contribution in [-0.2, 0) is 0 Å². The minimum Gasteiger partial charge on any atom is -0.198 e. The maximum atomic E-state index is 9.57. The molecule has 150 valence electrons. The van der Waals surface area contributed by atoms with E-state index in [2.05, 4.69) is 19.9 Å². The molecule has 0 atom stereocenters. The van der Waals surface area contributed by atoms with Crippen LogP contribution in [0.25, 0.3) is 0 Å². The van der Waals surface area contributed by atoms with Gasteiger partial charge in [0.1, 0.15) is 0 Å². The van der Waals surface area contributed by atoms with E-state index in [-0.39, 0.29) is 5.41 Å². The van der Waals surface area contributed by atoms with Gasteiger partial charge in [-0.3, -0.25) is 0 Å². The second-order valence-corrected chi connectivity index (χ2v) is 9.75. The predicted molar refractivity (Wildman–Crippen MR) is 113 cm³/mol. The van der Waals surface area contributed by atoms with E-state index in [1.54, 1.807) is 0 Å². The average Bonchev–Trinajstić information content (AvgIpc) is 2.68. The standard InChI is InChI=1S/C25H45N/c1-3-5-6-7-8-9-22-10-12-23(13-11-22)14-15-24-16-19-25(21-26,18-4-2)20-17-24/h22-24H,3-20H2,1-2H3. The summed E-state index contributed by atoms with van der Waals surface area (Å²) in [5.74, 6) is 2.99. The van der Waals surface area contributed by atoms with E-state index in [0.717, 1.165) is 24.2 Å². The molecule has 0 heterocycles. The Hall–Kier alpha value is -0.510. The van der Waals surface area contributed by atoms with E-state index < -0.39 is 0 Å². The van der Waals surface area contributed by atoms with Crippen LogP contribution in [0.5, 0.6) is 0 Å². The molecular weight excluding hydrogens is 314 g/mol. The Balaban J connectivity index is 1.55. The van der Waals surface area contributed by atoms with Crippen LogP contribution in [0.15, 0.2) is 0 Å². The van der Waals surface area contributed by atoms with Crippen LogP contribution in [-0.4, -0.2) is 0 Å². The summed E-state index contributed by atoms with van der Waals surface area (Å²) in [6.45, 7) is 4.53. The van der Waals surface area contributed by atoms with E-state index in [0.29, 0.717) is 0 Å². The van der Waals surface area contributed by atoms with Gasteiger partial charge >= 0.3 is 0 Å². The third kappa shape index (κ3) is 7.25. The largest absolute Gasteiger partial charge is 0.198 e. The van der Waals surface area contributed by atoms with E-state index >= 15 is 0 Å². The van der Waals surface area contributed by atoms with Gasteiger partial charge < -0.3 is 0 Å². The van der Waals surface area contributed by atoms with Crippen molar-refractivity contribution < 1.29 is 0 Å². The topological polar surface area (TPSA) is 23.8 Å². The van der Waals surface area contributed by atoms with Crippen LogP contribution in [0.4, 0.5) is 0 Å². The van der Waals surface area contributed by atoms with Gasteiger partial charge in [0.15, 0.2) is 0 Å². The molecule has 0 aliphatic heterocycles. The Labute approximate surface area is 164 Å². The van der Waals surface area contributed by atoms with Gasteiger partial charge in [-0.2, -0.15) is 5.26 Å². The zero-order valence-corrected chi connectivity index (χ0v) is 17.9. The quantitative estimate of drug-likeness (QED) is 0.339. The SMILES string of the molecule is CCCCCCCC1CCC(CCC2CCC(C#N)(CCC)CC2)CC1. The summed E-state index contributed by atoms with van der Waals surface area (Å²) in [6, 6.07) is 2.68. The lowest BCUT2D eigenvalue weighted by Crippen LogP contribution is -2.26. The summed E-state index contributed by atoms with van der Waals surface area (Å²) in [7, 11) is 0. The molecule has 2 saturated carbocycles. The molecule has 0 aromatic carbocycles. The van der Waals surface area contributed by atoms with Gasteiger partial charge in [-0.05, 0) is 49.9 Å². The van der Waals surface area contributed by atoms with Crippen molar-refractivity contribution in [1.82, 2.24) is 0 Å². The number of nitrogens with zero attached hydrogens (tertiary/aromatic N) is 1. The first-order chi connectivity index (χ1) is 12.7. The van der Waals surface area contributed by atoms with Crippen molar-refractivity contribution in [3.05, 3.63) is 0 Å². The Morgan fingerprint density at radius 1 is 0.692 bits per heavy atom. The molecule has 2 aliphatic rings. The lowest BCUT2D eigenvalue weighted by atomic mass is 9.67. The number of hydrogen-bond donors (Lipinski definition) is 0. The van der Waals surface area contributed by atoms with Crippen LogP contribution in [0.2, 0.25) is 0 Å². The van der Waals surface area contributed by atoms with Crippen molar-refractivity contribution in [2.45, 2.75) is 129 Å². The molecule has 0 aromatic heterocycles. The second kappa shape index (κ2) is 12.0. The van der Waals surface area contributed by atoms with Crippen LogP contribution in [0, 0.1) is 34.5 Å². The van der Waals surface area contributed by atoms with Crippen LogP contribution >= 0.6 is 0 Å². The molecule has 0 unspecified atom stereocenters. The molecule has 0 saturated heterocycles. The van der Waals surface area contributed by atoms with Crippen molar-refractivity contribution >= 4 is 0 Å². The summed E-state index contributed by atoms with van der Waals surface area (Å²) in [5, 5.41) is 9.57. The fraction of sp³-hybridized carbons (Fsp3) is 0.960. The number of unbranched alkanes of at least 4 members (excludes halogenated alkanes) is 4. The highest BCUT2D eigenvalue weighted by Crippen LogP contribution is 2.44. The number of hydrogen-bond acceptors (Lipinski definition) is 1. The van der Waals surface area contributed by atoms with Gasteiger partial charge in [-0.1, -0.05) is 97.3 Å². The first kappa shape index (κ1) is 21.8. The van der Waals surface area contributed by atoms with Crippen molar-refractivity contribution in [1.29, 1.82) is 5.26 Å². The smallest absolute Gasteiger partial charge is 0.0689 e. The molecule has 1 nitrogen and oxygen atoms in total. The minimum atomic E-state index is 0.0421. The summed E-state index contributed by atoms with van der Waals surface area (Å²) in [6.07, 6.45) is 24.9. The Kier molecular flexibility index (Phi) is 10.1. The highest BCUT2D eigenvalue weighted by Gasteiger charge is 2.34. The van der Waals surface area contributed by atoms with Crippen LogP contribution in [0.1, 0.15) is 129 Å². The summed E-state index contributed by atoms with van der Waals surface area (Å²) in [5.41, 5.74) is 0.0421. The fourth-order valence-corrected chi connectivity index (χ4v) is 5.73. The Bertz CT molecular complexity index is 391.